The summed E-state index contributed by atoms with van der Waals surface area (Å²) in [5, 5.41) is 3.81. The average molecular weight is 355 g/mol. The molecule has 0 bridgehead atoms. The van der Waals surface area contributed by atoms with E-state index in [4.69, 9.17) is 0 Å². The van der Waals surface area contributed by atoms with Crippen LogP contribution in [0.3, 0.4) is 0 Å². The van der Waals surface area contributed by atoms with Crippen molar-refractivity contribution in [3.05, 3.63) is 34.1 Å². The Kier molecular flexibility index (Phi) is 4.67. The van der Waals surface area contributed by atoms with Gasteiger partial charge in [-0.05, 0) is 66.4 Å². The number of halogens is 2. The third-order valence-electron chi connectivity index (χ3n) is 5.12. The third-order valence-corrected chi connectivity index (χ3v) is 5.73. The predicted molar refractivity (Wildman–Crippen MR) is 87.8 cm³/mol. The van der Waals surface area contributed by atoms with Gasteiger partial charge in [0, 0.05) is 24.7 Å². The zero-order chi connectivity index (χ0) is 14.9. The lowest BCUT2D eigenvalue weighted by atomic mass is 9.96. The molecule has 1 spiro atoms. The first-order valence-corrected chi connectivity index (χ1v) is 8.80. The number of hydrogen-bond donors (Lipinski definition) is 1. The molecular formula is C17H24BrFN2. The summed E-state index contributed by atoms with van der Waals surface area (Å²) in [6.45, 7) is 5.45. The lowest BCUT2D eigenvalue weighted by Gasteiger charge is -2.35. The average Bonchev–Trinajstić information content (AvgIpc) is 2.84. The van der Waals surface area contributed by atoms with E-state index in [0.717, 1.165) is 19.6 Å². The molecule has 1 aliphatic carbocycles. The van der Waals surface area contributed by atoms with Crippen LogP contribution in [0.15, 0.2) is 22.7 Å². The second-order valence-electron chi connectivity index (χ2n) is 6.71. The molecule has 21 heavy (non-hydrogen) atoms. The highest BCUT2D eigenvalue weighted by Crippen LogP contribution is 2.33. The third kappa shape index (κ3) is 3.49. The van der Waals surface area contributed by atoms with Gasteiger partial charge in [-0.1, -0.05) is 18.9 Å². The SMILES string of the molecule is CC1CCNC2(CCCC2)CN1Cc1ccc(F)c(Br)c1. The fraction of sp³-hybridized carbons (Fsp3) is 0.647. The van der Waals surface area contributed by atoms with Gasteiger partial charge in [-0.2, -0.15) is 0 Å². The minimum Gasteiger partial charge on any atom is -0.310 e. The molecule has 0 aromatic heterocycles. The van der Waals surface area contributed by atoms with E-state index in [1.54, 1.807) is 6.07 Å². The van der Waals surface area contributed by atoms with Gasteiger partial charge in [0.15, 0.2) is 0 Å². The van der Waals surface area contributed by atoms with Crippen molar-refractivity contribution in [3.63, 3.8) is 0 Å². The van der Waals surface area contributed by atoms with Crippen LogP contribution in [0.5, 0.6) is 0 Å². The Morgan fingerprint density at radius 3 is 2.86 bits per heavy atom. The highest BCUT2D eigenvalue weighted by Gasteiger charge is 2.37. The molecule has 1 unspecified atom stereocenters. The van der Waals surface area contributed by atoms with E-state index in [1.165, 1.54) is 37.7 Å². The van der Waals surface area contributed by atoms with Crippen molar-refractivity contribution in [2.75, 3.05) is 13.1 Å². The molecule has 1 heterocycles. The largest absolute Gasteiger partial charge is 0.310 e. The van der Waals surface area contributed by atoms with Gasteiger partial charge < -0.3 is 5.32 Å². The number of hydrogen-bond acceptors (Lipinski definition) is 2. The number of nitrogens with one attached hydrogen (secondary N) is 1. The Morgan fingerprint density at radius 1 is 1.38 bits per heavy atom. The zero-order valence-corrected chi connectivity index (χ0v) is 14.3. The van der Waals surface area contributed by atoms with E-state index >= 15 is 0 Å². The second-order valence-corrected chi connectivity index (χ2v) is 7.56. The molecule has 4 heteroatoms. The standard InChI is InChI=1S/C17H24BrFN2/c1-13-6-9-20-17(7-2-3-8-17)12-21(13)11-14-4-5-16(19)15(18)10-14/h4-5,10,13,20H,2-3,6-9,11-12H2,1H3. The summed E-state index contributed by atoms with van der Waals surface area (Å²) in [4.78, 5) is 2.57. The maximum absolute atomic E-state index is 13.4. The molecule has 3 rings (SSSR count). The van der Waals surface area contributed by atoms with Crippen molar-refractivity contribution in [3.8, 4) is 0 Å². The van der Waals surface area contributed by atoms with Crippen molar-refractivity contribution in [1.29, 1.82) is 0 Å². The van der Waals surface area contributed by atoms with Crippen LogP contribution in [0.25, 0.3) is 0 Å². The molecule has 2 nitrogen and oxygen atoms in total. The van der Waals surface area contributed by atoms with E-state index < -0.39 is 0 Å². The van der Waals surface area contributed by atoms with Gasteiger partial charge in [-0.3, -0.25) is 4.90 Å². The van der Waals surface area contributed by atoms with Gasteiger partial charge in [0.05, 0.1) is 4.47 Å². The highest BCUT2D eigenvalue weighted by atomic mass is 79.9. The summed E-state index contributed by atoms with van der Waals surface area (Å²) in [6.07, 6.45) is 6.46. The molecule has 116 valence electrons. The minimum atomic E-state index is -0.184. The Balaban J connectivity index is 1.76. The zero-order valence-electron chi connectivity index (χ0n) is 12.7. The van der Waals surface area contributed by atoms with Crippen LogP contribution >= 0.6 is 15.9 Å². The fourth-order valence-corrected chi connectivity index (χ4v) is 4.23. The maximum Gasteiger partial charge on any atom is 0.137 e. The smallest absolute Gasteiger partial charge is 0.137 e. The van der Waals surface area contributed by atoms with Crippen molar-refractivity contribution < 1.29 is 4.39 Å². The Bertz CT molecular complexity index is 500. The Morgan fingerprint density at radius 2 is 2.14 bits per heavy atom. The van der Waals surface area contributed by atoms with E-state index in [-0.39, 0.29) is 5.82 Å². The van der Waals surface area contributed by atoms with Crippen molar-refractivity contribution in [1.82, 2.24) is 10.2 Å². The molecule has 1 aliphatic heterocycles. The lowest BCUT2D eigenvalue weighted by Crippen LogP contribution is -2.49. The van der Waals surface area contributed by atoms with Crippen LogP contribution in [0, 0.1) is 5.82 Å². The summed E-state index contributed by atoms with van der Waals surface area (Å²) in [7, 11) is 0. The molecule has 1 saturated heterocycles. The summed E-state index contributed by atoms with van der Waals surface area (Å²) >= 11 is 3.30. The normalized spacial score (nSPS) is 26.1. The molecule has 1 atom stereocenters. The number of rotatable bonds is 2. The molecule has 2 aliphatic rings. The van der Waals surface area contributed by atoms with Gasteiger partial charge >= 0.3 is 0 Å². The van der Waals surface area contributed by atoms with Crippen molar-refractivity contribution >= 4 is 15.9 Å². The van der Waals surface area contributed by atoms with Crippen molar-refractivity contribution in [2.24, 2.45) is 0 Å². The molecule has 1 saturated carbocycles. The molecule has 0 radical (unpaired) electrons. The summed E-state index contributed by atoms with van der Waals surface area (Å²) in [6, 6.07) is 5.96. The molecule has 2 fully saturated rings. The van der Waals surface area contributed by atoms with Crippen LogP contribution in [0.1, 0.15) is 44.6 Å². The minimum absolute atomic E-state index is 0.184. The molecule has 0 amide bonds. The quantitative estimate of drug-likeness (QED) is 0.860. The van der Waals surface area contributed by atoms with Crippen LogP contribution in [-0.2, 0) is 6.54 Å². The molecule has 1 aromatic rings. The molecule has 1 N–H and O–H groups in total. The molecular weight excluding hydrogens is 331 g/mol. The summed E-state index contributed by atoms with van der Waals surface area (Å²) in [5.41, 5.74) is 1.51. The first-order chi connectivity index (χ1) is 10.1. The van der Waals surface area contributed by atoms with E-state index in [2.05, 4.69) is 33.1 Å². The molecule has 1 aromatic carbocycles. The summed E-state index contributed by atoms with van der Waals surface area (Å²) < 4.78 is 14.0. The van der Waals surface area contributed by atoms with Gasteiger partial charge in [-0.25, -0.2) is 4.39 Å². The van der Waals surface area contributed by atoms with Crippen molar-refractivity contribution in [2.45, 2.75) is 57.2 Å². The van der Waals surface area contributed by atoms with Gasteiger partial charge in [0.1, 0.15) is 5.82 Å². The fourth-order valence-electron chi connectivity index (χ4n) is 3.80. The van der Waals surface area contributed by atoms with Crippen LogP contribution in [0.4, 0.5) is 4.39 Å². The Hall–Kier alpha value is -0.450. The number of nitrogens with zero attached hydrogens (tertiary/aromatic N) is 1. The predicted octanol–water partition coefficient (Wildman–Crippen LogP) is 4.08. The first-order valence-electron chi connectivity index (χ1n) is 8.01. The number of benzene rings is 1. The maximum atomic E-state index is 13.4. The summed E-state index contributed by atoms with van der Waals surface area (Å²) in [5.74, 6) is -0.184. The Labute approximate surface area is 135 Å². The monoisotopic (exact) mass is 354 g/mol. The topological polar surface area (TPSA) is 15.3 Å². The van der Waals surface area contributed by atoms with Crippen LogP contribution in [0.2, 0.25) is 0 Å². The van der Waals surface area contributed by atoms with E-state index in [1.807, 2.05) is 12.1 Å². The van der Waals surface area contributed by atoms with Crippen LogP contribution in [-0.4, -0.2) is 29.6 Å². The van der Waals surface area contributed by atoms with E-state index in [9.17, 15) is 4.39 Å². The van der Waals surface area contributed by atoms with Crippen LogP contribution < -0.4 is 5.32 Å². The van der Waals surface area contributed by atoms with Gasteiger partial charge in [-0.15, -0.1) is 0 Å². The highest BCUT2D eigenvalue weighted by molar-refractivity contribution is 9.10. The first kappa shape index (κ1) is 15.4. The van der Waals surface area contributed by atoms with Gasteiger partial charge in [0.2, 0.25) is 0 Å². The lowest BCUT2D eigenvalue weighted by molar-refractivity contribution is 0.160. The van der Waals surface area contributed by atoms with Gasteiger partial charge in [0.25, 0.3) is 0 Å². The second kappa shape index (κ2) is 6.35. The van der Waals surface area contributed by atoms with E-state index in [0.29, 0.717) is 16.1 Å².